The summed E-state index contributed by atoms with van der Waals surface area (Å²) >= 11 is 2.11. The monoisotopic (exact) mass is 384 g/mol. The van der Waals surface area contributed by atoms with Crippen LogP contribution in [0.25, 0.3) is 0 Å². The third kappa shape index (κ3) is 3.38. The maximum absolute atomic E-state index is 12.0. The number of furan rings is 1. The normalized spacial score (nSPS) is 11.2. The summed E-state index contributed by atoms with van der Waals surface area (Å²) in [6, 6.07) is 8.73. The van der Waals surface area contributed by atoms with E-state index in [4.69, 9.17) is 9.15 Å². The molecular formula is C14H13IN2O3. The number of methoxy groups -OCH3 is 1. The summed E-state index contributed by atoms with van der Waals surface area (Å²) in [5.41, 5.74) is 3.62. The van der Waals surface area contributed by atoms with Gasteiger partial charge in [0.2, 0.25) is 0 Å². The lowest BCUT2D eigenvalue weighted by Crippen LogP contribution is -2.19. The Kier molecular flexibility index (Phi) is 4.78. The van der Waals surface area contributed by atoms with Crippen molar-refractivity contribution in [2.24, 2.45) is 5.10 Å². The van der Waals surface area contributed by atoms with Crippen LogP contribution in [0.1, 0.15) is 23.0 Å². The Balaban J connectivity index is 2.09. The maximum Gasteiger partial charge on any atom is 0.271 e. The Hall–Kier alpha value is -1.83. The van der Waals surface area contributed by atoms with Crippen molar-refractivity contribution in [1.29, 1.82) is 0 Å². The first-order valence-corrected chi connectivity index (χ1v) is 6.91. The number of benzene rings is 1. The van der Waals surface area contributed by atoms with Crippen LogP contribution in [0.4, 0.5) is 0 Å². The third-order valence-electron chi connectivity index (χ3n) is 2.62. The molecule has 1 N–H and O–H groups in total. The van der Waals surface area contributed by atoms with E-state index >= 15 is 0 Å². The number of rotatable bonds is 4. The van der Waals surface area contributed by atoms with Crippen molar-refractivity contribution in [2.45, 2.75) is 6.92 Å². The van der Waals surface area contributed by atoms with Gasteiger partial charge in [0.25, 0.3) is 5.91 Å². The molecule has 0 saturated heterocycles. The lowest BCUT2D eigenvalue weighted by molar-refractivity contribution is 0.0954. The first-order chi connectivity index (χ1) is 9.61. The summed E-state index contributed by atoms with van der Waals surface area (Å²) in [5.74, 6) is 1.07. The van der Waals surface area contributed by atoms with Gasteiger partial charge in [-0.1, -0.05) is 0 Å². The molecule has 0 aliphatic heterocycles. The topological polar surface area (TPSA) is 63.8 Å². The number of hydrogen-bond acceptors (Lipinski definition) is 4. The van der Waals surface area contributed by atoms with Gasteiger partial charge in [0.15, 0.2) is 0 Å². The molecule has 0 atom stereocenters. The summed E-state index contributed by atoms with van der Waals surface area (Å²) in [4.78, 5) is 12.0. The second-order valence-electron chi connectivity index (χ2n) is 3.96. The first-order valence-electron chi connectivity index (χ1n) is 5.84. The Morgan fingerprint density at radius 3 is 2.80 bits per heavy atom. The zero-order chi connectivity index (χ0) is 14.5. The van der Waals surface area contributed by atoms with Crippen LogP contribution >= 0.6 is 22.6 Å². The minimum atomic E-state index is -0.281. The number of nitrogens with one attached hydrogen (secondary N) is 1. The number of halogens is 1. The molecule has 6 heteroatoms. The van der Waals surface area contributed by atoms with E-state index in [1.807, 2.05) is 0 Å². The molecule has 0 aliphatic carbocycles. The molecule has 0 unspecified atom stereocenters. The highest BCUT2D eigenvalue weighted by Crippen LogP contribution is 2.21. The highest BCUT2D eigenvalue weighted by molar-refractivity contribution is 14.1. The van der Waals surface area contributed by atoms with E-state index in [0.29, 0.717) is 17.0 Å². The zero-order valence-corrected chi connectivity index (χ0v) is 13.2. The average molecular weight is 384 g/mol. The summed E-state index contributed by atoms with van der Waals surface area (Å²) < 4.78 is 11.2. The Morgan fingerprint density at radius 2 is 2.20 bits per heavy atom. The lowest BCUT2D eigenvalue weighted by Gasteiger charge is -2.05. The molecule has 0 aliphatic rings. The quantitative estimate of drug-likeness (QED) is 0.501. The number of hydrogen-bond donors (Lipinski definition) is 1. The van der Waals surface area contributed by atoms with E-state index in [-0.39, 0.29) is 5.91 Å². The fourth-order valence-electron chi connectivity index (χ4n) is 1.55. The van der Waals surface area contributed by atoms with E-state index in [1.165, 1.54) is 0 Å². The van der Waals surface area contributed by atoms with Gasteiger partial charge in [-0.3, -0.25) is 4.79 Å². The van der Waals surface area contributed by atoms with E-state index < -0.39 is 0 Å². The molecule has 20 heavy (non-hydrogen) atoms. The smallest absolute Gasteiger partial charge is 0.271 e. The van der Waals surface area contributed by atoms with Crippen molar-refractivity contribution in [3.8, 4) is 5.75 Å². The van der Waals surface area contributed by atoms with Crippen LogP contribution in [0.2, 0.25) is 0 Å². The van der Waals surface area contributed by atoms with Crippen molar-refractivity contribution in [3.05, 3.63) is 51.5 Å². The van der Waals surface area contributed by atoms with E-state index in [1.54, 1.807) is 50.6 Å². The van der Waals surface area contributed by atoms with Crippen molar-refractivity contribution in [3.63, 3.8) is 0 Å². The summed E-state index contributed by atoms with van der Waals surface area (Å²) in [5, 5.41) is 4.00. The molecule has 0 spiro atoms. The lowest BCUT2D eigenvalue weighted by atomic mass is 10.2. The molecule has 2 aromatic rings. The Morgan fingerprint density at radius 1 is 1.40 bits per heavy atom. The molecule has 0 radical (unpaired) electrons. The molecule has 0 saturated carbocycles. The molecule has 104 valence electrons. The summed E-state index contributed by atoms with van der Waals surface area (Å²) in [7, 11) is 1.59. The molecule has 1 heterocycles. The highest BCUT2D eigenvalue weighted by Gasteiger charge is 2.08. The van der Waals surface area contributed by atoms with Gasteiger partial charge in [-0.05, 0) is 59.8 Å². The van der Waals surface area contributed by atoms with E-state index in [0.717, 1.165) is 9.32 Å². The Labute approximate surface area is 130 Å². The number of nitrogens with zero attached hydrogens (tertiary/aromatic N) is 1. The molecule has 0 fully saturated rings. The van der Waals surface area contributed by atoms with E-state index in [2.05, 4.69) is 33.1 Å². The van der Waals surface area contributed by atoms with Gasteiger partial charge in [-0.15, -0.1) is 0 Å². The average Bonchev–Trinajstić information content (AvgIpc) is 2.98. The summed E-state index contributed by atoms with van der Waals surface area (Å²) in [6.45, 7) is 1.76. The SMILES string of the molecule is COc1ccc(C(=O)NN=C(C)c2ccco2)cc1I. The van der Waals surface area contributed by atoms with Gasteiger partial charge in [0.05, 0.1) is 16.9 Å². The fourth-order valence-corrected chi connectivity index (χ4v) is 2.28. The molecule has 0 bridgehead atoms. The van der Waals surface area contributed by atoms with Crippen molar-refractivity contribution in [1.82, 2.24) is 5.43 Å². The first kappa shape index (κ1) is 14.6. The van der Waals surface area contributed by atoms with Gasteiger partial charge < -0.3 is 9.15 Å². The largest absolute Gasteiger partial charge is 0.496 e. The van der Waals surface area contributed by atoms with Gasteiger partial charge in [-0.25, -0.2) is 5.43 Å². The standard InChI is InChI=1S/C14H13IN2O3/c1-9(12-4-3-7-20-12)16-17-14(18)10-5-6-13(19-2)11(15)8-10/h3-8H,1-2H3,(H,17,18). The van der Waals surface area contributed by atoms with Crippen LogP contribution in [-0.4, -0.2) is 18.7 Å². The summed E-state index contributed by atoms with van der Waals surface area (Å²) in [6.07, 6.45) is 1.56. The molecule has 2 rings (SSSR count). The van der Waals surface area contributed by atoms with Gasteiger partial charge in [-0.2, -0.15) is 5.10 Å². The number of carbonyl (C=O) groups is 1. The molecule has 5 nitrogen and oxygen atoms in total. The second kappa shape index (κ2) is 6.56. The van der Waals surface area contributed by atoms with Crippen LogP contribution in [-0.2, 0) is 0 Å². The van der Waals surface area contributed by atoms with Crippen molar-refractivity contribution < 1.29 is 13.9 Å². The maximum atomic E-state index is 12.0. The molecule has 1 amide bonds. The van der Waals surface area contributed by atoms with Crippen LogP contribution in [0, 0.1) is 3.57 Å². The van der Waals surface area contributed by atoms with Crippen molar-refractivity contribution >= 4 is 34.2 Å². The number of carbonyl (C=O) groups excluding carboxylic acids is 1. The van der Waals surface area contributed by atoms with Gasteiger partial charge in [0.1, 0.15) is 17.2 Å². The van der Waals surface area contributed by atoms with Crippen molar-refractivity contribution in [2.75, 3.05) is 7.11 Å². The van der Waals surface area contributed by atoms with Crippen LogP contribution < -0.4 is 10.2 Å². The predicted octanol–water partition coefficient (Wildman–Crippen LogP) is 3.05. The molecular weight excluding hydrogens is 371 g/mol. The van der Waals surface area contributed by atoms with Gasteiger partial charge >= 0.3 is 0 Å². The second-order valence-corrected chi connectivity index (χ2v) is 5.13. The number of hydrazone groups is 1. The third-order valence-corrected chi connectivity index (χ3v) is 3.46. The van der Waals surface area contributed by atoms with Crippen LogP contribution in [0.15, 0.2) is 46.1 Å². The zero-order valence-electron chi connectivity index (χ0n) is 11.0. The number of ether oxygens (including phenoxy) is 1. The molecule has 1 aromatic heterocycles. The van der Waals surface area contributed by atoms with Crippen LogP contribution in [0.5, 0.6) is 5.75 Å². The van der Waals surface area contributed by atoms with Crippen LogP contribution in [0.3, 0.4) is 0 Å². The minimum absolute atomic E-state index is 0.281. The van der Waals surface area contributed by atoms with Gasteiger partial charge in [0, 0.05) is 5.56 Å². The number of amides is 1. The minimum Gasteiger partial charge on any atom is -0.496 e. The molecule has 1 aromatic carbocycles. The predicted molar refractivity (Wildman–Crippen MR) is 84.1 cm³/mol. The highest BCUT2D eigenvalue weighted by atomic mass is 127. The van der Waals surface area contributed by atoms with E-state index in [9.17, 15) is 4.79 Å². The fraction of sp³-hybridized carbons (Fsp3) is 0.143. The Bertz CT molecular complexity index is 636.